The topological polar surface area (TPSA) is 53.3 Å². The van der Waals surface area contributed by atoms with Crippen molar-refractivity contribution >= 4 is 5.91 Å². The lowest BCUT2D eigenvalue weighted by Gasteiger charge is -2.29. The highest BCUT2D eigenvalue weighted by molar-refractivity contribution is 5.78. The van der Waals surface area contributed by atoms with Crippen LogP contribution < -0.4 is 0 Å². The van der Waals surface area contributed by atoms with Gasteiger partial charge in [0.25, 0.3) is 0 Å². The van der Waals surface area contributed by atoms with Gasteiger partial charge >= 0.3 is 0 Å². The number of amides is 1. The minimum atomic E-state index is -0.0531. The van der Waals surface area contributed by atoms with Gasteiger partial charge in [-0.1, -0.05) is 0 Å². The molecule has 4 heteroatoms. The Morgan fingerprint density at radius 3 is 3.15 bits per heavy atom. The lowest BCUT2D eigenvalue weighted by Crippen LogP contribution is -2.42. The third kappa shape index (κ3) is 1.65. The van der Waals surface area contributed by atoms with E-state index in [2.05, 4.69) is 0 Å². The van der Waals surface area contributed by atoms with Crippen molar-refractivity contribution in [1.29, 1.82) is 5.26 Å². The minimum Gasteiger partial charge on any atom is -0.376 e. The molecule has 70 valence electrons. The summed E-state index contributed by atoms with van der Waals surface area (Å²) in [5.74, 6) is 0.448. The lowest BCUT2D eigenvalue weighted by atomic mass is 10.00. The number of hydrogen-bond acceptors (Lipinski definition) is 3. The quantitative estimate of drug-likeness (QED) is 0.577. The van der Waals surface area contributed by atoms with Crippen molar-refractivity contribution in [3.05, 3.63) is 0 Å². The molecule has 0 N–H and O–H groups in total. The van der Waals surface area contributed by atoms with Crippen LogP contribution in [0.3, 0.4) is 0 Å². The number of ether oxygens (including phenoxy) is 1. The molecule has 2 saturated heterocycles. The van der Waals surface area contributed by atoms with E-state index < -0.39 is 0 Å². The summed E-state index contributed by atoms with van der Waals surface area (Å²) in [7, 11) is 0. The molecular weight excluding hydrogens is 168 g/mol. The Kier molecular flexibility index (Phi) is 2.19. The highest BCUT2D eigenvalue weighted by Crippen LogP contribution is 2.26. The number of likely N-dealkylation sites (tertiary alicyclic amines) is 1. The number of hydrogen-bond donors (Lipinski definition) is 0. The minimum absolute atomic E-state index is 0.000556. The molecule has 0 aliphatic carbocycles. The SMILES string of the molecule is N#CCC(=O)N1CC2COC(C2)C1. The van der Waals surface area contributed by atoms with Gasteiger partial charge < -0.3 is 9.64 Å². The van der Waals surface area contributed by atoms with Crippen LogP contribution >= 0.6 is 0 Å². The highest BCUT2D eigenvalue weighted by atomic mass is 16.5. The Balaban J connectivity index is 1.95. The third-order valence-corrected chi connectivity index (χ3v) is 2.65. The molecule has 2 heterocycles. The first-order chi connectivity index (χ1) is 6.29. The van der Waals surface area contributed by atoms with Crippen molar-refractivity contribution in [2.75, 3.05) is 19.7 Å². The zero-order valence-corrected chi connectivity index (χ0v) is 7.40. The molecule has 2 fully saturated rings. The number of carbonyl (C=O) groups is 1. The van der Waals surface area contributed by atoms with Crippen molar-refractivity contribution in [1.82, 2.24) is 4.90 Å². The molecule has 2 aliphatic heterocycles. The molecule has 2 rings (SSSR count). The van der Waals surface area contributed by atoms with Crippen molar-refractivity contribution < 1.29 is 9.53 Å². The fourth-order valence-electron chi connectivity index (χ4n) is 2.05. The van der Waals surface area contributed by atoms with E-state index in [-0.39, 0.29) is 18.4 Å². The molecule has 2 unspecified atom stereocenters. The number of rotatable bonds is 1. The molecule has 13 heavy (non-hydrogen) atoms. The van der Waals surface area contributed by atoms with E-state index in [1.54, 1.807) is 4.90 Å². The molecule has 0 aromatic heterocycles. The summed E-state index contributed by atoms with van der Waals surface area (Å²) in [6, 6.07) is 1.88. The van der Waals surface area contributed by atoms with Crippen LogP contribution in [0.1, 0.15) is 12.8 Å². The van der Waals surface area contributed by atoms with Crippen molar-refractivity contribution in [2.45, 2.75) is 18.9 Å². The molecule has 4 nitrogen and oxygen atoms in total. The Labute approximate surface area is 77.1 Å². The first-order valence-corrected chi connectivity index (χ1v) is 4.56. The zero-order chi connectivity index (χ0) is 9.26. The maximum Gasteiger partial charge on any atom is 0.236 e. The number of nitriles is 1. The predicted molar refractivity (Wildman–Crippen MR) is 44.7 cm³/mol. The van der Waals surface area contributed by atoms with Crippen molar-refractivity contribution in [2.24, 2.45) is 5.92 Å². The first kappa shape index (κ1) is 8.52. The Morgan fingerprint density at radius 2 is 2.46 bits per heavy atom. The summed E-state index contributed by atoms with van der Waals surface area (Å²) < 4.78 is 5.46. The van der Waals surface area contributed by atoms with Crippen molar-refractivity contribution in [3.8, 4) is 6.07 Å². The van der Waals surface area contributed by atoms with Gasteiger partial charge in [-0.15, -0.1) is 0 Å². The Morgan fingerprint density at radius 1 is 1.62 bits per heavy atom. The van der Waals surface area contributed by atoms with Crippen LogP contribution in [0.5, 0.6) is 0 Å². The second kappa shape index (κ2) is 3.35. The number of fused-ring (bicyclic) bond motifs is 2. The average molecular weight is 180 g/mol. The first-order valence-electron chi connectivity index (χ1n) is 4.56. The molecule has 0 aromatic rings. The molecule has 0 spiro atoms. The van der Waals surface area contributed by atoms with E-state index in [1.807, 2.05) is 6.07 Å². The molecule has 2 atom stereocenters. The van der Waals surface area contributed by atoms with Gasteiger partial charge in [-0.05, 0) is 6.42 Å². The Hall–Kier alpha value is -1.08. The predicted octanol–water partition coefficient (Wildman–Crippen LogP) is 0.147. The van der Waals surface area contributed by atoms with E-state index in [0.717, 1.165) is 19.6 Å². The monoisotopic (exact) mass is 180 g/mol. The van der Waals surface area contributed by atoms with Gasteiger partial charge in [0.15, 0.2) is 0 Å². The Bertz CT molecular complexity index is 247. The van der Waals surface area contributed by atoms with Gasteiger partial charge in [-0.3, -0.25) is 4.79 Å². The standard InChI is InChI=1S/C9H12N2O2/c10-2-1-9(12)11-4-7-3-8(5-11)13-6-7/h7-8H,1,3-6H2. The van der Waals surface area contributed by atoms with Gasteiger partial charge in [0.05, 0.1) is 18.8 Å². The van der Waals surface area contributed by atoms with Crippen molar-refractivity contribution in [3.63, 3.8) is 0 Å². The van der Waals surface area contributed by atoms with Gasteiger partial charge in [-0.25, -0.2) is 0 Å². The fraction of sp³-hybridized carbons (Fsp3) is 0.778. The number of piperidine rings is 1. The summed E-state index contributed by atoms with van der Waals surface area (Å²) in [5, 5.41) is 8.39. The molecule has 0 aromatic carbocycles. The second-order valence-corrected chi connectivity index (χ2v) is 3.69. The van der Waals surface area contributed by atoms with Gasteiger partial charge in [0.2, 0.25) is 5.91 Å². The van der Waals surface area contributed by atoms with Crippen LogP contribution in [-0.4, -0.2) is 36.6 Å². The normalized spacial score (nSPS) is 31.5. The summed E-state index contributed by atoms with van der Waals surface area (Å²) >= 11 is 0. The van der Waals surface area contributed by atoms with E-state index in [1.165, 1.54) is 0 Å². The van der Waals surface area contributed by atoms with Gasteiger partial charge in [0, 0.05) is 19.0 Å². The smallest absolute Gasteiger partial charge is 0.236 e. The van der Waals surface area contributed by atoms with Crippen LogP contribution in [0.2, 0.25) is 0 Å². The molecule has 2 bridgehead atoms. The molecule has 0 radical (unpaired) electrons. The van der Waals surface area contributed by atoms with E-state index in [0.29, 0.717) is 12.5 Å². The third-order valence-electron chi connectivity index (χ3n) is 2.65. The maximum absolute atomic E-state index is 11.4. The number of carbonyl (C=O) groups excluding carboxylic acids is 1. The van der Waals surface area contributed by atoms with Gasteiger partial charge in [0.1, 0.15) is 6.42 Å². The summed E-state index contributed by atoms with van der Waals surface area (Å²) in [4.78, 5) is 13.1. The summed E-state index contributed by atoms with van der Waals surface area (Å²) in [6.07, 6.45) is 1.30. The number of nitrogens with zero attached hydrogens (tertiary/aromatic N) is 2. The zero-order valence-electron chi connectivity index (χ0n) is 7.40. The maximum atomic E-state index is 11.4. The van der Waals surface area contributed by atoms with Crippen LogP contribution in [0.15, 0.2) is 0 Å². The summed E-state index contributed by atoms with van der Waals surface area (Å²) in [6.45, 7) is 2.23. The second-order valence-electron chi connectivity index (χ2n) is 3.69. The largest absolute Gasteiger partial charge is 0.376 e. The van der Waals surface area contributed by atoms with E-state index in [9.17, 15) is 4.79 Å². The van der Waals surface area contributed by atoms with Crippen LogP contribution in [0.25, 0.3) is 0 Å². The van der Waals surface area contributed by atoms with E-state index >= 15 is 0 Å². The lowest BCUT2D eigenvalue weighted by molar-refractivity contribution is -0.132. The fourth-order valence-corrected chi connectivity index (χ4v) is 2.05. The average Bonchev–Trinajstić information content (AvgIpc) is 2.46. The van der Waals surface area contributed by atoms with Crippen LogP contribution in [0, 0.1) is 17.2 Å². The van der Waals surface area contributed by atoms with E-state index in [4.69, 9.17) is 10.00 Å². The van der Waals surface area contributed by atoms with Crippen LogP contribution in [0.4, 0.5) is 0 Å². The molecule has 1 amide bonds. The highest BCUT2D eigenvalue weighted by Gasteiger charge is 2.35. The van der Waals surface area contributed by atoms with Gasteiger partial charge in [-0.2, -0.15) is 5.26 Å². The summed E-state index contributed by atoms with van der Waals surface area (Å²) in [5.41, 5.74) is 0. The van der Waals surface area contributed by atoms with Crippen LogP contribution in [-0.2, 0) is 9.53 Å². The molecule has 2 aliphatic rings. The molecule has 0 saturated carbocycles. The molecular formula is C9H12N2O2.